The number of nitrogens with one attached hydrogen (secondary N) is 1. The van der Waals surface area contributed by atoms with Crippen LogP contribution in [0.4, 0.5) is 0 Å². The molecule has 1 rings (SSSR count). The zero-order valence-electron chi connectivity index (χ0n) is 13.1. The first-order valence-corrected chi connectivity index (χ1v) is 9.23. The van der Waals surface area contributed by atoms with Crippen LogP contribution >= 0.6 is 0 Å². The van der Waals surface area contributed by atoms with Gasteiger partial charge < -0.3 is 5.11 Å². The highest BCUT2D eigenvalue weighted by Gasteiger charge is 2.38. The van der Waals surface area contributed by atoms with E-state index in [1.807, 2.05) is 13.8 Å². The van der Waals surface area contributed by atoms with Crippen LogP contribution in [0.5, 0.6) is 0 Å². The van der Waals surface area contributed by atoms with Gasteiger partial charge in [0.1, 0.15) is 0 Å². The second-order valence-electron chi connectivity index (χ2n) is 6.13. The van der Waals surface area contributed by atoms with Gasteiger partial charge in [0.25, 0.3) is 10.2 Å². The standard InChI is InChI=1S/C14H30N2O3S/c1-4-10-16(11-5-2)20(18,19)15-14(12-17)8-6-13(3)7-9-14/h13,15,17H,4-12H2,1-3H3. The smallest absolute Gasteiger partial charge is 0.280 e. The normalized spacial score (nSPS) is 27.9. The van der Waals surface area contributed by atoms with E-state index in [4.69, 9.17) is 0 Å². The Morgan fingerprint density at radius 2 is 1.70 bits per heavy atom. The molecule has 0 aromatic carbocycles. The summed E-state index contributed by atoms with van der Waals surface area (Å²) in [6.45, 7) is 7.06. The number of rotatable bonds is 8. The summed E-state index contributed by atoms with van der Waals surface area (Å²) >= 11 is 0. The average Bonchev–Trinajstić information content (AvgIpc) is 2.41. The van der Waals surface area contributed by atoms with Crippen LogP contribution in [0.25, 0.3) is 0 Å². The molecule has 0 spiro atoms. The minimum absolute atomic E-state index is 0.120. The van der Waals surface area contributed by atoms with Gasteiger partial charge in [-0.2, -0.15) is 17.4 Å². The molecule has 120 valence electrons. The van der Waals surface area contributed by atoms with Crippen molar-refractivity contribution in [1.82, 2.24) is 9.03 Å². The van der Waals surface area contributed by atoms with Crippen molar-refractivity contribution in [3.63, 3.8) is 0 Å². The van der Waals surface area contributed by atoms with Crippen LogP contribution < -0.4 is 4.72 Å². The third-order valence-electron chi connectivity index (χ3n) is 4.17. The summed E-state index contributed by atoms with van der Waals surface area (Å²) in [4.78, 5) is 0. The molecular formula is C14H30N2O3S. The molecule has 0 aliphatic heterocycles. The molecule has 0 unspecified atom stereocenters. The zero-order chi connectivity index (χ0) is 15.2. The van der Waals surface area contributed by atoms with Crippen LogP contribution in [0.2, 0.25) is 0 Å². The molecule has 0 amide bonds. The molecule has 0 aromatic rings. The summed E-state index contributed by atoms with van der Waals surface area (Å²) in [6, 6.07) is 0. The molecule has 0 aromatic heterocycles. The Hall–Kier alpha value is -0.170. The van der Waals surface area contributed by atoms with E-state index >= 15 is 0 Å². The van der Waals surface area contributed by atoms with Gasteiger partial charge in [-0.25, -0.2) is 0 Å². The van der Waals surface area contributed by atoms with E-state index in [9.17, 15) is 13.5 Å². The number of aliphatic hydroxyl groups excluding tert-OH is 1. The highest BCUT2D eigenvalue weighted by molar-refractivity contribution is 7.87. The van der Waals surface area contributed by atoms with Crippen LogP contribution in [0.1, 0.15) is 59.3 Å². The molecule has 0 saturated heterocycles. The molecule has 1 aliphatic rings. The van der Waals surface area contributed by atoms with Crippen molar-refractivity contribution >= 4 is 10.2 Å². The zero-order valence-corrected chi connectivity index (χ0v) is 13.9. The predicted octanol–water partition coefficient (Wildman–Crippen LogP) is 1.88. The summed E-state index contributed by atoms with van der Waals surface area (Å²) in [7, 11) is -3.51. The summed E-state index contributed by atoms with van der Waals surface area (Å²) in [5.41, 5.74) is -0.662. The molecule has 2 N–H and O–H groups in total. The molecule has 0 radical (unpaired) electrons. The van der Waals surface area contributed by atoms with Crippen molar-refractivity contribution in [3.05, 3.63) is 0 Å². The van der Waals surface area contributed by atoms with Crippen LogP contribution in [-0.2, 0) is 10.2 Å². The van der Waals surface area contributed by atoms with Crippen LogP contribution in [-0.4, -0.2) is 43.1 Å². The minimum atomic E-state index is -3.51. The third-order valence-corrected chi connectivity index (χ3v) is 5.90. The van der Waals surface area contributed by atoms with Crippen molar-refractivity contribution in [2.45, 2.75) is 64.8 Å². The largest absolute Gasteiger partial charge is 0.394 e. The van der Waals surface area contributed by atoms with E-state index in [0.29, 0.717) is 19.0 Å². The number of aliphatic hydroxyl groups is 1. The Morgan fingerprint density at radius 3 is 2.10 bits per heavy atom. The fraction of sp³-hybridized carbons (Fsp3) is 1.00. The lowest BCUT2D eigenvalue weighted by Crippen LogP contribution is -2.57. The van der Waals surface area contributed by atoms with Crippen molar-refractivity contribution in [2.75, 3.05) is 19.7 Å². The SMILES string of the molecule is CCCN(CCC)S(=O)(=O)NC1(CO)CCC(C)CC1. The van der Waals surface area contributed by atoms with Gasteiger partial charge in [-0.15, -0.1) is 0 Å². The van der Waals surface area contributed by atoms with Gasteiger partial charge in [0.15, 0.2) is 0 Å². The Morgan fingerprint density at radius 1 is 1.20 bits per heavy atom. The first kappa shape index (κ1) is 17.9. The predicted molar refractivity (Wildman–Crippen MR) is 81.7 cm³/mol. The molecule has 0 bridgehead atoms. The fourth-order valence-corrected chi connectivity index (χ4v) is 4.59. The topological polar surface area (TPSA) is 69.6 Å². The molecule has 1 aliphatic carbocycles. The lowest BCUT2D eigenvalue weighted by atomic mass is 9.78. The van der Waals surface area contributed by atoms with Crippen molar-refractivity contribution < 1.29 is 13.5 Å². The van der Waals surface area contributed by atoms with Crippen molar-refractivity contribution in [3.8, 4) is 0 Å². The van der Waals surface area contributed by atoms with Crippen LogP contribution in [0.15, 0.2) is 0 Å². The Bertz CT molecular complexity index is 370. The van der Waals surface area contributed by atoms with Gasteiger partial charge in [0, 0.05) is 13.1 Å². The van der Waals surface area contributed by atoms with Gasteiger partial charge in [0.05, 0.1) is 12.1 Å². The van der Waals surface area contributed by atoms with Gasteiger partial charge in [-0.3, -0.25) is 0 Å². The van der Waals surface area contributed by atoms with E-state index in [1.165, 1.54) is 4.31 Å². The fourth-order valence-electron chi connectivity index (χ4n) is 2.80. The van der Waals surface area contributed by atoms with Crippen molar-refractivity contribution in [2.24, 2.45) is 5.92 Å². The maximum atomic E-state index is 12.5. The quantitative estimate of drug-likeness (QED) is 0.719. The van der Waals surface area contributed by atoms with E-state index in [-0.39, 0.29) is 6.61 Å². The average molecular weight is 306 g/mol. The molecule has 20 heavy (non-hydrogen) atoms. The van der Waals surface area contributed by atoms with Gasteiger partial charge in [-0.1, -0.05) is 20.8 Å². The molecule has 0 atom stereocenters. The first-order chi connectivity index (χ1) is 9.39. The Labute approximate surface area is 123 Å². The van der Waals surface area contributed by atoms with Crippen LogP contribution in [0, 0.1) is 5.92 Å². The molecule has 1 saturated carbocycles. The number of hydrogen-bond acceptors (Lipinski definition) is 3. The highest BCUT2D eigenvalue weighted by atomic mass is 32.2. The summed E-state index contributed by atoms with van der Waals surface area (Å²) in [6.07, 6.45) is 4.95. The van der Waals surface area contributed by atoms with Gasteiger partial charge >= 0.3 is 0 Å². The van der Waals surface area contributed by atoms with E-state index < -0.39 is 15.7 Å². The molecule has 6 heteroatoms. The number of hydrogen-bond donors (Lipinski definition) is 2. The lowest BCUT2D eigenvalue weighted by molar-refractivity contribution is 0.123. The lowest BCUT2D eigenvalue weighted by Gasteiger charge is -2.39. The minimum Gasteiger partial charge on any atom is -0.394 e. The number of nitrogens with zero attached hydrogens (tertiary/aromatic N) is 1. The second kappa shape index (κ2) is 7.73. The van der Waals surface area contributed by atoms with E-state index in [0.717, 1.165) is 38.5 Å². The summed E-state index contributed by atoms with van der Waals surface area (Å²) < 4.78 is 29.4. The summed E-state index contributed by atoms with van der Waals surface area (Å²) in [5.74, 6) is 0.613. The van der Waals surface area contributed by atoms with Gasteiger partial charge in [0.2, 0.25) is 0 Å². The molecular weight excluding hydrogens is 276 g/mol. The Kier molecular flexibility index (Phi) is 6.91. The molecule has 1 fully saturated rings. The molecule has 0 heterocycles. The molecule has 5 nitrogen and oxygen atoms in total. The maximum Gasteiger partial charge on any atom is 0.280 e. The first-order valence-electron chi connectivity index (χ1n) is 7.79. The monoisotopic (exact) mass is 306 g/mol. The summed E-state index contributed by atoms with van der Waals surface area (Å²) in [5, 5.41) is 9.69. The maximum absolute atomic E-state index is 12.5. The van der Waals surface area contributed by atoms with E-state index in [2.05, 4.69) is 11.6 Å². The van der Waals surface area contributed by atoms with E-state index in [1.54, 1.807) is 0 Å². The third kappa shape index (κ3) is 4.69. The highest BCUT2D eigenvalue weighted by Crippen LogP contribution is 2.32. The Balaban J connectivity index is 2.80. The van der Waals surface area contributed by atoms with Crippen LogP contribution in [0.3, 0.4) is 0 Å². The van der Waals surface area contributed by atoms with Gasteiger partial charge in [-0.05, 0) is 44.4 Å². The van der Waals surface area contributed by atoms with Crippen molar-refractivity contribution in [1.29, 1.82) is 0 Å². The second-order valence-corrected chi connectivity index (χ2v) is 7.80.